The lowest BCUT2D eigenvalue weighted by Crippen LogP contribution is -2.25. The summed E-state index contributed by atoms with van der Waals surface area (Å²) in [6.45, 7) is 5.95. The van der Waals surface area contributed by atoms with E-state index in [2.05, 4.69) is 17.2 Å². The number of hydrogen-bond donors (Lipinski definition) is 2. The molecule has 1 aliphatic heterocycles. The summed E-state index contributed by atoms with van der Waals surface area (Å²) in [5, 5.41) is 6.18. The Hall–Kier alpha value is -1.81. The fourth-order valence-corrected chi connectivity index (χ4v) is 2.68. The van der Waals surface area contributed by atoms with E-state index in [9.17, 15) is 4.79 Å². The molecule has 22 heavy (non-hydrogen) atoms. The summed E-state index contributed by atoms with van der Waals surface area (Å²) in [4.78, 5) is 12.2. The Morgan fingerprint density at radius 3 is 3.00 bits per heavy atom. The largest absolute Gasteiger partial charge is 0.381 e. The zero-order valence-electron chi connectivity index (χ0n) is 13.1. The molecule has 1 heterocycles. The van der Waals surface area contributed by atoms with Gasteiger partial charge in [-0.25, -0.2) is 0 Å². The second-order valence-corrected chi connectivity index (χ2v) is 5.60. The number of ether oxygens (including phenoxy) is 1. The van der Waals surface area contributed by atoms with Crippen LogP contribution in [0, 0.1) is 0 Å². The van der Waals surface area contributed by atoms with Crippen molar-refractivity contribution in [2.45, 2.75) is 38.2 Å². The predicted molar refractivity (Wildman–Crippen MR) is 90.3 cm³/mol. The van der Waals surface area contributed by atoms with Crippen LogP contribution in [0.3, 0.4) is 0 Å². The molecular formula is C18H26N2O2. The van der Waals surface area contributed by atoms with Crippen LogP contribution >= 0.6 is 0 Å². The molecule has 1 saturated heterocycles. The minimum atomic E-state index is -0.0238. The zero-order valence-corrected chi connectivity index (χ0v) is 13.1. The van der Waals surface area contributed by atoms with Crippen molar-refractivity contribution in [1.29, 1.82) is 0 Å². The first-order valence-corrected chi connectivity index (χ1v) is 8.15. The molecule has 1 aliphatic rings. The van der Waals surface area contributed by atoms with Gasteiger partial charge < -0.3 is 15.4 Å². The normalized spacial score (nSPS) is 17.2. The fraction of sp³-hybridized carbons (Fsp3) is 0.500. The van der Waals surface area contributed by atoms with Crippen LogP contribution in [-0.2, 0) is 4.74 Å². The number of hydrogen-bond acceptors (Lipinski definition) is 3. The minimum Gasteiger partial charge on any atom is -0.381 e. The lowest BCUT2D eigenvalue weighted by Gasteiger charge is -2.12. The summed E-state index contributed by atoms with van der Waals surface area (Å²) in [6, 6.07) is 7.55. The van der Waals surface area contributed by atoms with E-state index in [0.29, 0.717) is 24.8 Å². The van der Waals surface area contributed by atoms with E-state index in [1.54, 1.807) is 6.08 Å². The van der Waals surface area contributed by atoms with Gasteiger partial charge in [0.1, 0.15) is 0 Å². The van der Waals surface area contributed by atoms with Crippen LogP contribution in [0.2, 0.25) is 0 Å². The lowest BCUT2D eigenvalue weighted by atomic mass is 10.1. The molecule has 0 spiro atoms. The van der Waals surface area contributed by atoms with Gasteiger partial charge in [0.25, 0.3) is 5.91 Å². The monoisotopic (exact) mass is 302 g/mol. The zero-order chi connectivity index (χ0) is 15.6. The van der Waals surface area contributed by atoms with E-state index < -0.39 is 0 Å². The van der Waals surface area contributed by atoms with Gasteiger partial charge in [-0.3, -0.25) is 4.79 Å². The Kier molecular flexibility index (Phi) is 6.97. The number of benzene rings is 1. The third-order valence-corrected chi connectivity index (χ3v) is 3.87. The van der Waals surface area contributed by atoms with Crippen LogP contribution in [0.5, 0.6) is 0 Å². The van der Waals surface area contributed by atoms with E-state index >= 15 is 0 Å². The van der Waals surface area contributed by atoms with Crippen molar-refractivity contribution in [3.05, 3.63) is 42.5 Å². The number of amides is 1. The molecule has 1 aromatic rings. The highest BCUT2D eigenvalue weighted by Crippen LogP contribution is 2.17. The quantitative estimate of drug-likeness (QED) is 0.543. The SMILES string of the molecule is C=CCNc1ccccc1C(=O)NCCCC[C@H]1CCCO1. The lowest BCUT2D eigenvalue weighted by molar-refractivity contribution is 0.0948. The first-order chi connectivity index (χ1) is 10.8. The van der Waals surface area contributed by atoms with E-state index in [0.717, 1.165) is 31.6 Å². The molecule has 0 radical (unpaired) electrons. The Bertz CT molecular complexity index is 482. The Labute approximate surface area is 132 Å². The molecular weight excluding hydrogens is 276 g/mol. The summed E-state index contributed by atoms with van der Waals surface area (Å²) in [5.74, 6) is -0.0238. The van der Waals surface area contributed by atoms with E-state index in [-0.39, 0.29) is 5.91 Å². The van der Waals surface area contributed by atoms with Crippen molar-refractivity contribution in [3.8, 4) is 0 Å². The van der Waals surface area contributed by atoms with E-state index in [1.165, 1.54) is 12.8 Å². The summed E-state index contributed by atoms with van der Waals surface area (Å²) in [5.41, 5.74) is 1.53. The highest BCUT2D eigenvalue weighted by Gasteiger charge is 2.14. The summed E-state index contributed by atoms with van der Waals surface area (Å²) in [6.07, 6.45) is 7.80. The van der Waals surface area contributed by atoms with Gasteiger partial charge in [-0.1, -0.05) is 18.2 Å². The van der Waals surface area contributed by atoms with Gasteiger partial charge in [0.05, 0.1) is 11.7 Å². The third-order valence-electron chi connectivity index (χ3n) is 3.87. The smallest absolute Gasteiger partial charge is 0.253 e. The van der Waals surface area contributed by atoms with Crippen LogP contribution in [0.1, 0.15) is 42.5 Å². The molecule has 2 N–H and O–H groups in total. The number of para-hydroxylation sites is 1. The van der Waals surface area contributed by atoms with Gasteiger partial charge in [-0.05, 0) is 44.2 Å². The highest BCUT2D eigenvalue weighted by molar-refractivity contribution is 5.99. The topological polar surface area (TPSA) is 50.4 Å². The van der Waals surface area contributed by atoms with Crippen LogP contribution in [0.25, 0.3) is 0 Å². The molecule has 2 rings (SSSR count). The van der Waals surface area contributed by atoms with Gasteiger partial charge in [0.15, 0.2) is 0 Å². The predicted octanol–water partition coefficient (Wildman–Crippen LogP) is 3.36. The minimum absolute atomic E-state index is 0.0238. The standard InChI is InChI=1S/C18H26N2O2/c1-2-12-19-17-11-4-3-10-16(17)18(21)20-13-6-5-8-15-9-7-14-22-15/h2-4,10-11,15,19H,1,5-9,12-14H2,(H,20,21)/t15-/m0/s1. The van der Waals surface area contributed by atoms with Crippen molar-refractivity contribution in [2.75, 3.05) is 25.0 Å². The van der Waals surface area contributed by atoms with Gasteiger partial charge in [-0.15, -0.1) is 6.58 Å². The van der Waals surface area contributed by atoms with Crippen LogP contribution < -0.4 is 10.6 Å². The van der Waals surface area contributed by atoms with Gasteiger partial charge in [0, 0.05) is 25.4 Å². The van der Waals surface area contributed by atoms with Crippen LogP contribution in [-0.4, -0.2) is 31.7 Å². The van der Waals surface area contributed by atoms with Crippen molar-refractivity contribution in [1.82, 2.24) is 5.32 Å². The van der Waals surface area contributed by atoms with Crippen molar-refractivity contribution in [2.24, 2.45) is 0 Å². The fourth-order valence-electron chi connectivity index (χ4n) is 2.68. The average molecular weight is 302 g/mol. The molecule has 0 aliphatic carbocycles. The summed E-state index contributed by atoms with van der Waals surface area (Å²) >= 11 is 0. The second kappa shape index (κ2) is 9.26. The first kappa shape index (κ1) is 16.6. The molecule has 1 atom stereocenters. The molecule has 0 bridgehead atoms. The van der Waals surface area contributed by atoms with E-state index in [4.69, 9.17) is 4.74 Å². The number of carbonyl (C=O) groups excluding carboxylic acids is 1. The molecule has 1 fully saturated rings. The second-order valence-electron chi connectivity index (χ2n) is 5.60. The molecule has 1 amide bonds. The van der Waals surface area contributed by atoms with Gasteiger partial charge in [0.2, 0.25) is 0 Å². The maximum atomic E-state index is 12.2. The molecule has 4 heteroatoms. The van der Waals surface area contributed by atoms with Crippen molar-refractivity contribution >= 4 is 11.6 Å². The Morgan fingerprint density at radius 1 is 1.36 bits per heavy atom. The number of rotatable bonds is 9. The number of anilines is 1. The molecule has 0 aromatic heterocycles. The van der Waals surface area contributed by atoms with Crippen molar-refractivity contribution < 1.29 is 9.53 Å². The maximum absolute atomic E-state index is 12.2. The molecule has 4 nitrogen and oxygen atoms in total. The Morgan fingerprint density at radius 2 is 2.23 bits per heavy atom. The molecule has 1 aromatic carbocycles. The van der Waals surface area contributed by atoms with Gasteiger partial charge >= 0.3 is 0 Å². The Balaban J connectivity index is 1.71. The molecule has 0 saturated carbocycles. The molecule has 0 unspecified atom stereocenters. The highest BCUT2D eigenvalue weighted by atomic mass is 16.5. The third kappa shape index (κ3) is 5.19. The molecule has 120 valence electrons. The van der Waals surface area contributed by atoms with Crippen LogP contribution in [0.4, 0.5) is 5.69 Å². The maximum Gasteiger partial charge on any atom is 0.253 e. The van der Waals surface area contributed by atoms with Gasteiger partial charge in [-0.2, -0.15) is 0 Å². The number of unbranched alkanes of at least 4 members (excludes halogenated alkanes) is 1. The van der Waals surface area contributed by atoms with Crippen molar-refractivity contribution in [3.63, 3.8) is 0 Å². The number of carbonyl (C=O) groups is 1. The number of nitrogens with one attached hydrogen (secondary N) is 2. The average Bonchev–Trinajstić information content (AvgIpc) is 3.06. The van der Waals surface area contributed by atoms with Crippen LogP contribution in [0.15, 0.2) is 36.9 Å². The van der Waals surface area contributed by atoms with E-state index in [1.807, 2.05) is 24.3 Å². The summed E-state index contributed by atoms with van der Waals surface area (Å²) in [7, 11) is 0. The summed E-state index contributed by atoms with van der Waals surface area (Å²) < 4.78 is 5.60. The first-order valence-electron chi connectivity index (χ1n) is 8.15.